The Balaban J connectivity index is 2.43. The molecule has 0 spiro atoms. The number of ether oxygens (including phenoxy) is 1. The van der Waals surface area contributed by atoms with E-state index in [0.717, 1.165) is 0 Å². The van der Waals surface area contributed by atoms with Crippen LogP contribution in [0.5, 0.6) is 5.75 Å². The first-order valence-corrected chi connectivity index (χ1v) is 6.74. The number of sulfonamides is 1. The zero-order chi connectivity index (χ0) is 13.9. The Morgan fingerprint density at radius 2 is 2.11 bits per heavy atom. The Hall–Kier alpha value is -2.35. The largest absolute Gasteiger partial charge is 0.493 e. The third-order valence-corrected chi connectivity index (χ3v) is 3.68. The van der Waals surface area contributed by atoms with Crippen molar-refractivity contribution in [1.82, 2.24) is 9.97 Å². The van der Waals surface area contributed by atoms with Crippen LogP contribution >= 0.6 is 0 Å². The molecule has 0 aliphatic rings. The maximum atomic E-state index is 12.2. The zero-order valence-corrected chi connectivity index (χ0v) is 10.9. The monoisotopic (exact) mass is 280 g/mol. The number of nitrogens with two attached hydrogens (primary N) is 1. The Kier molecular flexibility index (Phi) is 3.52. The van der Waals surface area contributed by atoms with Crippen LogP contribution in [0.15, 0.2) is 41.7 Å². The lowest BCUT2D eigenvalue weighted by molar-refractivity contribution is 0.405. The second kappa shape index (κ2) is 5.11. The fourth-order valence-electron chi connectivity index (χ4n) is 1.51. The van der Waals surface area contributed by atoms with E-state index in [9.17, 15) is 8.42 Å². The Bertz CT molecular complexity index is 674. The fourth-order valence-corrected chi connectivity index (χ4v) is 2.70. The van der Waals surface area contributed by atoms with Crippen LogP contribution in [-0.2, 0) is 10.0 Å². The molecule has 0 bridgehead atoms. The number of hydrogen-bond donors (Lipinski definition) is 2. The van der Waals surface area contributed by atoms with E-state index in [0.29, 0.717) is 0 Å². The summed E-state index contributed by atoms with van der Waals surface area (Å²) in [6.45, 7) is 0. The minimum absolute atomic E-state index is 0.0550. The number of para-hydroxylation sites is 1. The SMILES string of the molecule is COc1c(N)cccc1S(=O)(=O)Nc1cnccn1. The molecule has 1 heterocycles. The predicted molar refractivity (Wildman–Crippen MR) is 70.2 cm³/mol. The minimum atomic E-state index is -3.84. The highest BCUT2D eigenvalue weighted by Crippen LogP contribution is 2.30. The maximum Gasteiger partial charge on any atom is 0.266 e. The summed E-state index contributed by atoms with van der Waals surface area (Å²) in [6, 6.07) is 4.48. The lowest BCUT2D eigenvalue weighted by Crippen LogP contribution is -2.15. The molecule has 0 fully saturated rings. The van der Waals surface area contributed by atoms with Crippen LogP contribution in [-0.4, -0.2) is 25.5 Å². The molecule has 3 N–H and O–H groups in total. The van der Waals surface area contributed by atoms with E-state index in [2.05, 4.69) is 14.7 Å². The number of methoxy groups -OCH3 is 1. The van der Waals surface area contributed by atoms with Crippen LogP contribution in [0.1, 0.15) is 0 Å². The van der Waals surface area contributed by atoms with E-state index < -0.39 is 10.0 Å². The molecular weight excluding hydrogens is 268 g/mol. The number of anilines is 2. The van der Waals surface area contributed by atoms with E-state index in [1.807, 2.05) is 0 Å². The summed E-state index contributed by atoms with van der Waals surface area (Å²) < 4.78 is 31.8. The van der Waals surface area contributed by atoms with Gasteiger partial charge in [-0.3, -0.25) is 9.71 Å². The van der Waals surface area contributed by atoms with Crippen molar-refractivity contribution in [3.8, 4) is 5.75 Å². The molecule has 2 aromatic rings. The van der Waals surface area contributed by atoms with Gasteiger partial charge in [-0.1, -0.05) is 6.07 Å². The number of rotatable bonds is 4. The molecule has 2 rings (SSSR count). The number of nitrogen functional groups attached to an aromatic ring is 1. The maximum absolute atomic E-state index is 12.2. The first kappa shape index (κ1) is 13.1. The van der Waals surface area contributed by atoms with Gasteiger partial charge in [0, 0.05) is 12.4 Å². The number of benzene rings is 1. The molecule has 0 saturated carbocycles. The summed E-state index contributed by atoms with van der Waals surface area (Å²) in [5, 5.41) is 0. The number of nitrogens with one attached hydrogen (secondary N) is 1. The molecule has 0 atom stereocenters. The van der Waals surface area contributed by atoms with E-state index >= 15 is 0 Å². The Morgan fingerprint density at radius 3 is 2.74 bits per heavy atom. The van der Waals surface area contributed by atoms with Crippen LogP contribution in [0, 0.1) is 0 Å². The fraction of sp³-hybridized carbons (Fsp3) is 0.0909. The molecule has 1 aromatic carbocycles. The highest BCUT2D eigenvalue weighted by atomic mass is 32.2. The van der Waals surface area contributed by atoms with Gasteiger partial charge in [-0.25, -0.2) is 13.4 Å². The smallest absolute Gasteiger partial charge is 0.266 e. The van der Waals surface area contributed by atoms with Crippen molar-refractivity contribution < 1.29 is 13.2 Å². The second-order valence-corrected chi connectivity index (χ2v) is 5.23. The third kappa shape index (κ3) is 2.74. The van der Waals surface area contributed by atoms with Crippen molar-refractivity contribution in [3.05, 3.63) is 36.8 Å². The van der Waals surface area contributed by atoms with Crippen molar-refractivity contribution in [1.29, 1.82) is 0 Å². The number of aromatic nitrogens is 2. The molecule has 0 aliphatic carbocycles. The first-order valence-electron chi connectivity index (χ1n) is 5.26. The van der Waals surface area contributed by atoms with E-state index in [-0.39, 0.29) is 22.2 Å². The average Bonchev–Trinajstić information content (AvgIpc) is 2.39. The van der Waals surface area contributed by atoms with E-state index in [1.165, 1.54) is 37.8 Å². The minimum Gasteiger partial charge on any atom is -0.493 e. The molecule has 0 amide bonds. The molecule has 100 valence electrons. The molecule has 0 saturated heterocycles. The molecule has 0 aliphatic heterocycles. The van der Waals surface area contributed by atoms with Crippen LogP contribution in [0.25, 0.3) is 0 Å². The zero-order valence-electron chi connectivity index (χ0n) is 10.1. The molecule has 1 aromatic heterocycles. The van der Waals surface area contributed by atoms with Crippen LogP contribution in [0.2, 0.25) is 0 Å². The van der Waals surface area contributed by atoms with Crippen LogP contribution in [0.3, 0.4) is 0 Å². The molecular formula is C11H12N4O3S. The van der Waals surface area contributed by atoms with Gasteiger partial charge < -0.3 is 10.5 Å². The highest BCUT2D eigenvalue weighted by Gasteiger charge is 2.21. The molecule has 7 nitrogen and oxygen atoms in total. The molecule has 8 heteroatoms. The van der Waals surface area contributed by atoms with E-state index in [1.54, 1.807) is 6.07 Å². The van der Waals surface area contributed by atoms with Gasteiger partial charge in [-0.05, 0) is 12.1 Å². The average molecular weight is 280 g/mol. The summed E-state index contributed by atoms with van der Waals surface area (Å²) >= 11 is 0. The van der Waals surface area contributed by atoms with Gasteiger partial charge >= 0.3 is 0 Å². The van der Waals surface area contributed by atoms with Gasteiger partial charge in [0.05, 0.1) is 19.0 Å². The lowest BCUT2D eigenvalue weighted by atomic mass is 10.3. The second-order valence-electron chi connectivity index (χ2n) is 3.57. The first-order chi connectivity index (χ1) is 9.04. The normalized spacial score (nSPS) is 11.0. The topological polar surface area (TPSA) is 107 Å². The standard InChI is InChI=1S/C11H12N4O3S/c1-18-11-8(12)3-2-4-9(11)19(16,17)15-10-7-13-5-6-14-10/h2-7H,12H2,1H3,(H,14,15). The highest BCUT2D eigenvalue weighted by molar-refractivity contribution is 7.92. The predicted octanol–water partition coefficient (Wildman–Crippen LogP) is 0.868. The number of hydrogen-bond acceptors (Lipinski definition) is 6. The quantitative estimate of drug-likeness (QED) is 0.805. The van der Waals surface area contributed by atoms with Crippen LogP contribution in [0.4, 0.5) is 11.5 Å². The number of nitrogens with zero attached hydrogens (tertiary/aromatic N) is 2. The molecule has 19 heavy (non-hydrogen) atoms. The van der Waals surface area contributed by atoms with Gasteiger partial charge in [0.25, 0.3) is 10.0 Å². The molecule has 0 unspecified atom stereocenters. The van der Waals surface area contributed by atoms with Crippen molar-refractivity contribution in [2.75, 3.05) is 17.6 Å². The Labute approximate surface area is 110 Å². The summed E-state index contributed by atoms with van der Waals surface area (Å²) in [5.74, 6) is 0.214. The van der Waals surface area contributed by atoms with Gasteiger partial charge in [-0.2, -0.15) is 0 Å². The van der Waals surface area contributed by atoms with Gasteiger partial charge in [0.15, 0.2) is 11.6 Å². The summed E-state index contributed by atoms with van der Waals surface area (Å²) in [5.41, 5.74) is 5.92. The van der Waals surface area contributed by atoms with Crippen molar-refractivity contribution in [2.45, 2.75) is 4.90 Å². The van der Waals surface area contributed by atoms with Gasteiger partial charge in [-0.15, -0.1) is 0 Å². The van der Waals surface area contributed by atoms with E-state index in [4.69, 9.17) is 10.5 Å². The van der Waals surface area contributed by atoms with Crippen molar-refractivity contribution >= 4 is 21.5 Å². The third-order valence-electron chi connectivity index (χ3n) is 2.31. The van der Waals surface area contributed by atoms with Crippen LogP contribution < -0.4 is 15.2 Å². The van der Waals surface area contributed by atoms with Gasteiger partial charge in [0.2, 0.25) is 0 Å². The van der Waals surface area contributed by atoms with Gasteiger partial charge in [0.1, 0.15) is 4.90 Å². The summed E-state index contributed by atoms with van der Waals surface area (Å²) in [4.78, 5) is 7.56. The lowest BCUT2D eigenvalue weighted by Gasteiger charge is -2.12. The Morgan fingerprint density at radius 1 is 1.32 bits per heavy atom. The van der Waals surface area contributed by atoms with Crippen molar-refractivity contribution in [3.63, 3.8) is 0 Å². The summed E-state index contributed by atoms with van der Waals surface area (Å²) in [6.07, 6.45) is 4.13. The molecule has 0 radical (unpaired) electrons. The summed E-state index contributed by atoms with van der Waals surface area (Å²) in [7, 11) is -2.48. The van der Waals surface area contributed by atoms with Crippen molar-refractivity contribution in [2.24, 2.45) is 0 Å².